The lowest BCUT2D eigenvalue weighted by molar-refractivity contribution is 0.116. The van der Waals surface area contributed by atoms with Gasteiger partial charge in [-0.3, -0.25) is 9.67 Å². The predicted octanol–water partition coefficient (Wildman–Crippen LogP) is 4.23. The van der Waals surface area contributed by atoms with Gasteiger partial charge in [0.05, 0.1) is 29.5 Å². The topological polar surface area (TPSA) is 69.6 Å². The number of halogens is 3. The van der Waals surface area contributed by atoms with Crippen LogP contribution in [0.4, 0.5) is 8.78 Å². The number of nitrogens with zero attached hydrogens (tertiary/aromatic N) is 5. The van der Waals surface area contributed by atoms with E-state index in [9.17, 15) is 8.78 Å². The van der Waals surface area contributed by atoms with Crippen molar-refractivity contribution in [1.29, 1.82) is 0 Å². The molecule has 126 valence electrons. The van der Waals surface area contributed by atoms with E-state index in [-0.39, 0.29) is 5.89 Å². The molecule has 9 heteroatoms. The average Bonchev–Trinajstić information content (AvgIpc) is 3.24. The molecule has 0 atom stereocenters. The van der Waals surface area contributed by atoms with Gasteiger partial charge in [0.25, 0.3) is 5.89 Å². The highest BCUT2D eigenvalue weighted by molar-refractivity contribution is 9.10. The molecule has 6 nitrogen and oxygen atoms in total. The Bertz CT molecular complexity index is 1030. The molecule has 0 spiro atoms. The van der Waals surface area contributed by atoms with Gasteiger partial charge in [-0.25, -0.2) is 0 Å². The molecule has 25 heavy (non-hydrogen) atoms. The van der Waals surface area contributed by atoms with Crippen molar-refractivity contribution in [3.8, 4) is 11.5 Å². The van der Waals surface area contributed by atoms with Crippen LogP contribution in [0.15, 0.2) is 51.6 Å². The molecule has 3 heterocycles. The summed E-state index contributed by atoms with van der Waals surface area (Å²) in [5, 5.41) is 12.3. The van der Waals surface area contributed by atoms with E-state index < -0.39 is 12.3 Å². The largest absolute Gasteiger partial charge is 0.415 e. The molecule has 0 amide bonds. The number of alkyl halides is 2. The second kappa shape index (κ2) is 6.32. The molecule has 0 radical (unpaired) electrons. The maximum absolute atomic E-state index is 12.5. The fraction of sp³-hybridized carbons (Fsp3) is 0.125. The van der Waals surface area contributed by atoms with E-state index in [0.717, 1.165) is 21.1 Å². The molecule has 0 fully saturated rings. The Morgan fingerprint density at radius 2 is 2.00 bits per heavy atom. The lowest BCUT2D eigenvalue weighted by Gasteiger charge is -2.04. The summed E-state index contributed by atoms with van der Waals surface area (Å²) < 4.78 is 32.7. The summed E-state index contributed by atoms with van der Waals surface area (Å²) in [6.45, 7) is 0.479. The molecule has 0 unspecified atom stereocenters. The second-order valence-corrected chi connectivity index (χ2v) is 6.11. The maximum Gasteiger partial charge on any atom is 0.314 e. The number of benzene rings is 1. The molecule has 0 saturated carbocycles. The van der Waals surface area contributed by atoms with E-state index >= 15 is 0 Å². The summed E-state index contributed by atoms with van der Waals surface area (Å²) >= 11 is 3.50. The summed E-state index contributed by atoms with van der Waals surface area (Å²) in [7, 11) is 0. The SMILES string of the molecule is FC(F)c1nnc(-c2ccc(Cn3ncc4c(Br)cccc43)nc2)o1. The Balaban J connectivity index is 1.58. The van der Waals surface area contributed by atoms with Crippen molar-refractivity contribution >= 4 is 26.8 Å². The summed E-state index contributed by atoms with van der Waals surface area (Å²) in [6.07, 6.45) is 0.513. The monoisotopic (exact) mass is 405 g/mol. The molecule has 3 aromatic heterocycles. The van der Waals surface area contributed by atoms with Crippen LogP contribution in [0, 0.1) is 0 Å². The van der Waals surface area contributed by atoms with Gasteiger partial charge in [0.1, 0.15) is 0 Å². The van der Waals surface area contributed by atoms with Gasteiger partial charge in [0.15, 0.2) is 0 Å². The highest BCUT2D eigenvalue weighted by atomic mass is 79.9. The minimum Gasteiger partial charge on any atom is -0.415 e. The van der Waals surface area contributed by atoms with E-state index in [1.807, 2.05) is 22.9 Å². The number of aromatic nitrogens is 5. The molecule has 0 aliphatic carbocycles. The van der Waals surface area contributed by atoms with Gasteiger partial charge in [0, 0.05) is 16.1 Å². The molecule has 0 aliphatic heterocycles. The Morgan fingerprint density at radius 1 is 1.12 bits per heavy atom. The van der Waals surface area contributed by atoms with E-state index in [2.05, 4.69) is 36.2 Å². The lowest BCUT2D eigenvalue weighted by Crippen LogP contribution is -2.03. The van der Waals surface area contributed by atoms with E-state index in [0.29, 0.717) is 12.1 Å². The molecule has 4 rings (SSSR count). The van der Waals surface area contributed by atoms with E-state index in [1.165, 1.54) is 6.20 Å². The molecule has 1 aromatic carbocycles. The first-order chi connectivity index (χ1) is 12.1. The van der Waals surface area contributed by atoms with Crippen molar-refractivity contribution in [2.45, 2.75) is 13.0 Å². The van der Waals surface area contributed by atoms with Gasteiger partial charge in [-0.2, -0.15) is 13.9 Å². The number of rotatable bonds is 4. The standard InChI is InChI=1S/C16H10BrF2N5O/c17-12-2-1-3-13-11(12)7-21-24(13)8-10-5-4-9(6-20-10)15-22-23-16(25-15)14(18)19/h1-7,14H,8H2. The number of hydrogen-bond donors (Lipinski definition) is 0. The third-order valence-electron chi connectivity index (χ3n) is 3.64. The van der Waals surface area contributed by atoms with Crippen molar-refractivity contribution in [3.63, 3.8) is 0 Å². The quantitative estimate of drug-likeness (QED) is 0.508. The van der Waals surface area contributed by atoms with Gasteiger partial charge < -0.3 is 4.42 Å². The molecular formula is C16H10BrF2N5O. The number of fused-ring (bicyclic) bond motifs is 1. The second-order valence-electron chi connectivity index (χ2n) is 5.26. The Labute approximate surface area is 148 Å². The fourth-order valence-electron chi connectivity index (χ4n) is 2.43. The van der Waals surface area contributed by atoms with Crippen LogP contribution < -0.4 is 0 Å². The van der Waals surface area contributed by atoms with Crippen LogP contribution in [-0.4, -0.2) is 25.0 Å². The lowest BCUT2D eigenvalue weighted by atomic mass is 10.2. The van der Waals surface area contributed by atoms with Crippen molar-refractivity contribution in [2.24, 2.45) is 0 Å². The van der Waals surface area contributed by atoms with Crippen LogP contribution in [-0.2, 0) is 6.54 Å². The van der Waals surface area contributed by atoms with Gasteiger partial charge in [-0.1, -0.05) is 22.0 Å². The van der Waals surface area contributed by atoms with Crippen molar-refractivity contribution in [1.82, 2.24) is 25.0 Å². The smallest absolute Gasteiger partial charge is 0.314 e. The highest BCUT2D eigenvalue weighted by Crippen LogP contribution is 2.25. The van der Waals surface area contributed by atoms with E-state index in [4.69, 9.17) is 4.42 Å². The highest BCUT2D eigenvalue weighted by Gasteiger charge is 2.17. The molecule has 0 saturated heterocycles. The molecule has 0 aliphatic rings. The number of pyridine rings is 1. The zero-order valence-electron chi connectivity index (χ0n) is 12.6. The average molecular weight is 406 g/mol. The van der Waals surface area contributed by atoms with Crippen LogP contribution in [0.25, 0.3) is 22.4 Å². The van der Waals surface area contributed by atoms with Crippen LogP contribution in [0.3, 0.4) is 0 Å². The first-order valence-electron chi connectivity index (χ1n) is 7.28. The van der Waals surface area contributed by atoms with Gasteiger partial charge in [-0.15, -0.1) is 10.2 Å². The number of hydrogen-bond acceptors (Lipinski definition) is 5. The van der Waals surface area contributed by atoms with E-state index in [1.54, 1.807) is 18.3 Å². The van der Waals surface area contributed by atoms with Gasteiger partial charge >= 0.3 is 6.43 Å². The van der Waals surface area contributed by atoms with Crippen LogP contribution >= 0.6 is 15.9 Å². The molecule has 0 bridgehead atoms. The van der Waals surface area contributed by atoms with Gasteiger partial charge in [-0.05, 0) is 24.3 Å². The molecule has 4 aromatic rings. The zero-order valence-corrected chi connectivity index (χ0v) is 14.2. The van der Waals surface area contributed by atoms with Crippen molar-refractivity contribution < 1.29 is 13.2 Å². The van der Waals surface area contributed by atoms with Crippen LogP contribution in [0.2, 0.25) is 0 Å². The zero-order chi connectivity index (χ0) is 17.4. The molecular weight excluding hydrogens is 396 g/mol. The predicted molar refractivity (Wildman–Crippen MR) is 89.0 cm³/mol. The molecule has 0 N–H and O–H groups in total. The minimum atomic E-state index is -2.79. The summed E-state index contributed by atoms with van der Waals surface area (Å²) in [5.41, 5.74) is 2.23. The van der Waals surface area contributed by atoms with Crippen LogP contribution in [0.1, 0.15) is 18.0 Å². The first-order valence-corrected chi connectivity index (χ1v) is 8.08. The maximum atomic E-state index is 12.5. The normalized spacial score (nSPS) is 11.5. The minimum absolute atomic E-state index is 0.0165. The third kappa shape index (κ3) is 3.02. The Kier molecular flexibility index (Phi) is 4.00. The fourth-order valence-corrected chi connectivity index (χ4v) is 2.89. The summed E-state index contributed by atoms with van der Waals surface area (Å²) in [4.78, 5) is 4.33. The Hall–Kier alpha value is -2.68. The third-order valence-corrected chi connectivity index (χ3v) is 4.34. The Morgan fingerprint density at radius 3 is 2.72 bits per heavy atom. The van der Waals surface area contributed by atoms with Crippen LogP contribution in [0.5, 0.6) is 0 Å². The van der Waals surface area contributed by atoms with Crippen molar-refractivity contribution in [3.05, 3.63) is 58.8 Å². The summed E-state index contributed by atoms with van der Waals surface area (Å²) in [6, 6.07) is 9.35. The van der Waals surface area contributed by atoms with Crippen molar-refractivity contribution in [2.75, 3.05) is 0 Å². The first kappa shape index (κ1) is 15.8. The van der Waals surface area contributed by atoms with Gasteiger partial charge in [0.2, 0.25) is 5.89 Å². The summed E-state index contributed by atoms with van der Waals surface area (Å²) in [5.74, 6) is -0.685.